The quantitative estimate of drug-likeness (QED) is 0.405. The molecule has 0 saturated carbocycles. The molecule has 0 saturated heterocycles. The van der Waals surface area contributed by atoms with Gasteiger partial charge in [-0.2, -0.15) is 0 Å². The van der Waals surface area contributed by atoms with E-state index in [0.717, 1.165) is 47.1 Å². The molecule has 0 aromatic heterocycles. The lowest BCUT2D eigenvalue weighted by atomic mass is 9.95. The number of nitrogens with zero attached hydrogens (tertiary/aromatic N) is 1. The fourth-order valence-electron chi connectivity index (χ4n) is 2.97. The van der Waals surface area contributed by atoms with Crippen molar-refractivity contribution < 1.29 is 18.9 Å². The van der Waals surface area contributed by atoms with Crippen molar-refractivity contribution in [2.75, 3.05) is 26.6 Å². The lowest BCUT2D eigenvalue weighted by Crippen LogP contribution is -2.23. The van der Waals surface area contributed by atoms with Crippen LogP contribution >= 0.6 is 11.8 Å². The number of thioether (sulfide) groups is 1. The lowest BCUT2D eigenvalue weighted by Gasteiger charge is -2.29. The molecule has 6 heteroatoms. The number of methoxy groups -OCH3 is 2. The number of unbranched alkanes of at least 4 members (excludes halogenated alkanes) is 1. The van der Waals surface area contributed by atoms with E-state index in [1.165, 1.54) is 11.3 Å². The van der Waals surface area contributed by atoms with Crippen molar-refractivity contribution in [1.82, 2.24) is 0 Å². The molecule has 0 unspecified atom stereocenters. The fraction of sp³-hybridized carbons (Fsp3) is 0.409. The molecular weight excluding hydrogens is 374 g/mol. The molecule has 2 aromatic carbocycles. The van der Waals surface area contributed by atoms with Gasteiger partial charge in [-0.15, -0.1) is 11.8 Å². The molecule has 0 atom stereocenters. The summed E-state index contributed by atoms with van der Waals surface area (Å²) in [5, 5.41) is 0. The van der Waals surface area contributed by atoms with E-state index in [2.05, 4.69) is 11.1 Å². The van der Waals surface area contributed by atoms with Crippen LogP contribution in [0.2, 0.25) is 0 Å². The van der Waals surface area contributed by atoms with Crippen LogP contribution in [-0.4, -0.2) is 33.0 Å². The highest BCUT2D eigenvalue weighted by Gasteiger charge is 2.27. The summed E-state index contributed by atoms with van der Waals surface area (Å²) in [6.07, 6.45) is 3.58. The Morgan fingerprint density at radius 1 is 1.00 bits per heavy atom. The number of ether oxygens (including phenoxy) is 4. The molecule has 5 nitrogen and oxygen atoms in total. The van der Waals surface area contributed by atoms with E-state index >= 15 is 0 Å². The van der Waals surface area contributed by atoms with Crippen LogP contribution in [-0.2, 0) is 10.3 Å². The van der Waals surface area contributed by atoms with Gasteiger partial charge in [-0.25, -0.2) is 4.99 Å². The summed E-state index contributed by atoms with van der Waals surface area (Å²) in [6.45, 7) is 4.76. The third-order valence-electron chi connectivity index (χ3n) is 4.59. The zero-order valence-electron chi connectivity index (χ0n) is 16.9. The molecule has 3 rings (SSSR count). The Kier molecular flexibility index (Phi) is 6.73. The topological polar surface area (TPSA) is 49.3 Å². The van der Waals surface area contributed by atoms with Crippen molar-refractivity contribution in [2.24, 2.45) is 4.99 Å². The Labute approximate surface area is 171 Å². The number of hydrogen-bond donors (Lipinski definition) is 0. The Hall–Kier alpha value is -2.34. The van der Waals surface area contributed by atoms with Crippen LogP contribution in [0.3, 0.4) is 0 Å². The minimum atomic E-state index is -0.382. The largest absolute Gasteiger partial charge is 0.494 e. The zero-order chi connectivity index (χ0) is 20.0. The van der Waals surface area contributed by atoms with Crippen molar-refractivity contribution in [1.29, 1.82) is 0 Å². The predicted octanol–water partition coefficient (Wildman–Crippen LogP) is 5.58. The van der Waals surface area contributed by atoms with Gasteiger partial charge in [0.1, 0.15) is 11.4 Å². The second-order valence-electron chi connectivity index (χ2n) is 6.96. The Bertz CT molecular complexity index is 835. The molecule has 0 bridgehead atoms. The van der Waals surface area contributed by atoms with Gasteiger partial charge in [0, 0.05) is 10.5 Å². The maximum Gasteiger partial charge on any atom is 0.175 e. The summed E-state index contributed by atoms with van der Waals surface area (Å²) in [6, 6.07) is 12.0. The van der Waals surface area contributed by atoms with E-state index in [-0.39, 0.29) is 5.60 Å². The minimum Gasteiger partial charge on any atom is -0.494 e. The Morgan fingerprint density at radius 2 is 1.82 bits per heavy atom. The number of hydrogen-bond acceptors (Lipinski definition) is 6. The van der Waals surface area contributed by atoms with Crippen molar-refractivity contribution in [2.45, 2.75) is 37.2 Å². The third-order valence-corrected chi connectivity index (χ3v) is 5.67. The summed E-state index contributed by atoms with van der Waals surface area (Å²) in [7, 11) is 3.30. The van der Waals surface area contributed by atoms with Gasteiger partial charge < -0.3 is 18.9 Å². The maximum atomic E-state index is 5.93. The van der Waals surface area contributed by atoms with Crippen LogP contribution in [0.5, 0.6) is 17.2 Å². The molecule has 0 spiro atoms. The molecule has 28 heavy (non-hydrogen) atoms. The summed E-state index contributed by atoms with van der Waals surface area (Å²) in [5.41, 5.74) is 1.61. The van der Waals surface area contributed by atoms with Gasteiger partial charge in [0.25, 0.3) is 0 Å². The van der Waals surface area contributed by atoms with Gasteiger partial charge in [-0.05, 0) is 68.8 Å². The zero-order valence-corrected chi connectivity index (χ0v) is 17.7. The predicted molar refractivity (Wildman–Crippen MR) is 114 cm³/mol. The first-order valence-corrected chi connectivity index (χ1v) is 10.3. The third kappa shape index (κ3) is 4.93. The van der Waals surface area contributed by atoms with E-state index in [9.17, 15) is 0 Å². The van der Waals surface area contributed by atoms with Gasteiger partial charge >= 0.3 is 0 Å². The van der Waals surface area contributed by atoms with Crippen LogP contribution in [0.1, 0.15) is 32.3 Å². The standard InChI is InChI=1S/C22H27NO4S/c1-22(2)18-13-16(7-9-19(18)23-15-27-22)26-11-5-6-12-28-17-8-10-20(24-3)21(14-17)25-4/h7-10,13-15H,5-6,11-12H2,1-4H3. The molecule has 0 N–H and O–H groups in total. The van der Waals surface area contributed by atoms with E-state index < -0.39 is 0 Å². The highest BCUT2D eigenvalue weighted by atomic mass is 32.2. The highest BCUT2D eigenvalue weighted by Crippen LogP contribution is 2.38. The molecular formula is C22H27NO4S. The van der Waals surface area contributed by atoms with E-state index in [1.54, 1.807) is 14.2 Å². The van der Waals surface area contributed by atoms with E-state index in [1.807, 2.05) is 55.9 Å². The molecule has 0 fully saturated rings. The SMILES string of the molecule is COc1ccc(SCCCCOc2ccc3c(c2)C(C)(C)OC=N3)cc1OC. The first-order chi connectivity index (χ1) is 13.5. The summed E-state index contributed by atoms with van der Waals surface area (Å²) >= 11 is 1.81. The lowest BCUT2D eigenvalue weighted by molar-refractivity contribution is 0.0998. The first-order valence-electron chi connectivity index (χ1n) is 9.36. The van der Waals surface area contributed by atoms with Crippen LogP contribution < -0.4 is 14.2 Å². The summed E-state index contributed by atoms with van der Waals surface area (Å²) in [4.78, 5) is 5.46. The number of benzene rings is 2. The smallest absolute Gasteiger partial charge is 0.175 e. The van der Waals surface area contributed by atoms with Gasteiger partial charge in [0.2, 0.25) is 0 Å². The van der Waals surface area contributed by atoms with Gasteiger partial charge in [-0.3, -0.25) is 0 Å². The average molecular weight is 402 g/mol. The Morgan fingerprint density at radius 3 is 2.61 bits per heavy atom. The Balaban J connectivity index is 1.43. The molecule has 2 aromatic rings. The van der Waals surface area contributed by atoms with Crippen molar-refractivity contribution in [3.05, 3.63) is 42.0 Å². The van der Waals surface area contributed by atoms with Crippen molar-refractivity contribution in [3.63, 3.8) is 0 Å². The van der Waals surface area contributed by atoms with Crippen LogP contribution in [0, 0.1) is 0 Å². The molecule has 0 radical (unpaired) electrons. The van der Waals surface area contributed by atoms with E-state index in [0.29, 0.717) is 6.61 Å². The maximum absolute atomic E-state index is 5.93. The highest BCUT2D eigenvalue weighted by molar-refractivity contribution is 7.99. The average Bonchev–Trinajstić information content (AvgIpc) is 2.70. The molecule has 0 amide bonds. The van der Waals surface area contributed by atoms with Crippen molar-refractivity contribution in [3.8, 4) is 17.2 Å². The second-order valence-corrected chi connectivity index (χ2v) is 8.13. The number of fused-ring (bicyclic) bond motifs is 1. The van der Waals surface area contributed by atoms with E-state index in [4.69, 9.17) is 18.9 Å². The van der Waals surface area contributed by atoms with Gasteiger partial charge in [0.15, 0.2) is 17.9 Å². The molecule has 1 heterocycles. The van der Waals surface area contributed by atoms with Gasteiger partial charge in [0.05, 0.1) is 26.5 Å². The minimum absolute atomic E-state index is 0.382. The molecule has 0 aliphatic carbocycles. The van der Waals surface area contributed by atoms with Crippen LogP contribution in [0.4, 0.5) is 5.69 Å². The van der Waals surface area contributed by atoms with Crippen molar-refractivity contribution >= 4 is 23.8 Å². The normalized spacial score (nSPS) is 14.1. The van der Waals surface area contributed by atoms with Crippen LogP contribution in [0.25, 0.3) is 0 Å². The molecule has 1 aliphatic rings. The second kappa shape index (κ2) is 9.24. The number of rotatable bonds is 9. The van der Waals surface area contributed by atoms with Crippen LogP contribution in [0.15, 0.2) is 46.3 Å². The fourth-order valence-corrected chi connectivity index (χ4v) is 3.91. The summed E-state index contributed by atoms with van der Waals surface area (Å²) < 4.78 is 22.2. The summed E-state index contributed by atoms with van der Waals surface area (Å²) in [5.74, 6) is 3.41. The van der Waals surface area contributed by atoms with Gasteiger partial charge in [-0.1, -0.05) is 0 Å². The monoisotopic (exact) mass is 401 g/mol. The first kappa shape index (κ1) is 20.4. The number of aliphatic imine (C=N–C) groups is 1. The molecule has 150 valence electrons. The molecule has 1 aliphatic heterocycles.